The Kier molecular flexibility index (Phi) is 6.25. The van der Waals surface area contributed by atoms with E-state index in [2.05, 4.69) is 9.84 Å². The summed E-state index contributed by atoms with van der Waals surface area (Å²) >= 11 is 0. The Balaban J connectivity index is 1.73. The van der Waals surface area contributed by atoms with Gasteiger partial charge < -0.3 is 18.6 Å². The molecule has 0 saturated carbocycles. The quantitative estimate of drug-likeness (QED) is 0.292. The third-order valence-electron chi connectivity index (χ3n) is 3.88. The van der Waals surface area contributed by atoms with Crippen LogP contribution in [0.1, 0.15) is 21.9 Å². The molecule has 0 radical (unpaired) electrons. The molecule has 0 saturated heterocycles. The van der Waals surface area contributed by atoms with Crippen molar-refractivity contribution < 1.29 is 37.1 Å². The van der Waals surface area contributed by atoms with Crippen molar-refractivity contribution in [3.63, 3.8) is 0 Å². The molecule has 2 aromatic heterocycles. The Bertz CT molecular complexity index is 1030. The number of furan rings is 1. The minimum atomic E-state index is -3.20. The number of esters is 1. The van der Waals surface area contributed by atoms with Crippen LogP contribution in [0.3, 0.4) is 0 Å². The molecule has 0 aliphatic rings. The average Bonchev–Trinajstić information content (AvgIpc) is 3.38. The van der Waals surface area contributed by atoms with E-state index in [0.29, 0.717) is 12.3 Å². The zero-order valence-electron chi connectivity index (χ0n) is 15.5. The first-order valence-electron chi connectivity index (χ1n) is 8.40. The average molecular weight is 423 g/mol. The van der Waals surface area contributed by atoms with Crippen LogP contribution in [0.4, 0.5) is 14.5 Å². The highest BCUT2D eigenvalue weighted by atomic mass is 19.3. The first-order chi connectivity index (χ1) is 14.4. The first kappa shape index (κ1) is 20.8. The molecule has 0 aliphatic heterocycles. The standard InChI is InChI=1S/C18H15F2N3O7/c1-27-15-7-11(13(23(25)26)8-16(15)30-18(19)20)10-28-17(24)14-4-3-12(29-14)9-22-6-2-5-21-22/h2-8,18H,9-10H2,1H3. The van der Waals surface area contributed by atoms with Gasteiger partial charge in [0.1, 0.15) is 12.4 Å². The van der Waals surface area contributed by atoms with Gasteiger partial charge in [0.05, 0.1) is 30.2 Å². The number of alkyl halides is 2. The SMILES string of the molecule is COc1cc(COC(=O)c2ccc(Cn3cccn3)o2)c([N+](=O)[O-])cc1OC(F)F. The third kappa shape index (κ3) is 4.90. The summed E-state index contributed by atoms with van der Waals surface area (Å²) in [6, 6.07) is 6.57. The molecule has 0 amide bonds. The monoisotopic (exact) mass is 423 g/mol. The van der Waals surface area contributed by atoms with Crippen molar-refractivity contribution in [3.05, 3.63) is 69.9 Å². The van der Waals surface area contributed by atoms with E-state index >= 15 is 0 Å². The van der Waals surface area contributed by atoms with Crippen LogP contribution in [0, 0.1) is 10.1 Å². The molecular formula is C18H15F2N3O7. The maximum absolute atomic E-state index is 12.5. The van der Waals surface area contributed by atoms with E-state index in [-0.39, 0.29) is 17.1 Å². The molecule has 0 bridgehead atoms. The molecule has 30 heavy (non-hydrogen) atoms. The van der Waals surface area contributed by atoms with E-state index < -0.39 is 35.5 Å². The summed E-state index contributed by atoms with van der Waals surface area (Å²) in [5.41, 5.74) is -0.645. The van der Waals surface area contributed by atoms with Crippen LogP contribution in [0.25, 0.3) is 0 Å². The molecule has 158 valence electrons. The number of rotatable bonds is 9. The number of nitrogens with zero attached hydrogens (tertiary/aromatic N) is 3. The number of carbonyl (C=O) groups is 1. The van der Waals surface area contributed by atoms with E-state index in [1.165, 1.54) is 13.2 Å². The highest BCUT2D eigenvalue weighted by molar-refractivity contribution is 5.86. The number of hydrogen-bond donors (Lipinski definition) is 0. The maximum Gasteiger partial charge on any atom is 0.387 e. The van der Waals surface area contributed by atoms with Gasteiger partial charge in [0.15, 0.2) is 11.5 Å². The zero-order valence-corrected chi connectivity index (χ0v) is 15.5. The number of carbonyl (C=O) groups excluding carboxylic acids is 1. The lowest BCUT2D eigenvalue weighted by atomic mass is 10.1. The highest BCUT2D eigenvalue weighted by Gasteiger charge is 2.23. The van der Waals surface area contributed by atoms with Crippen molar-refractivity contribution in [2.75, 3.05) is 7.11 Å². The van der Waals surface area contributed by atoms with Crippen molar-refractivity contribution in [1.29, 1.82) is 0 Å². The lowest BCUT2D eigenvalue weighted by Crippen LogP contribution is -2.08. The van der Waals surface area contributed by atoms with E-state index in [4.69, 9.17) is 13.9 Å². The predicted molar refractivity (Wildman–Crippen MR) is 95.4 cm³/mol. The third-order valence-corrected chi connectivity index (χ3v) is 3.88. The van der Waals surface area contributed by atoms with Crippen LogP contribution in [0.15, 0.2) is 47.1 Å². The second kappa shape index (κ2) is 9.03. The molecule has 1 aromatic carbocycles. The molecular weight excluding hydrogens is 408 g/mol. The van der Waals surface area contributed by atoms with E-state index in [0.717, 1.165) is 12.1 Å². The van der Waals surface area contributed by atoms with Gasteiger partial charge in [-0.25, -0.2) is 4.79 Å². The Hall–Kier alpha value is -3.96. The van der Waals surface area contributed by atoms with Gasteiger partial charge >= 0.3 is 12.6 Å². The molecule has 12 heteroatoms. The fourth-order valence-corrected chi connectivity index (χ4v) is 2.57. The Morgan fingerprint density at radius 3 is 2.77 bits per heavy atom. The second-order valence-electron chi connectivity index (χ2n) is 5.81. The molecule has 3 aromatic rings. The summed E-state index contributed by atoms with van der Waals surface area (Å²) in [4.78, 5) is 22.7. The van der Waals surface area contributed by atoms with E-state index in [1.807, 2.05) is 0 Å². The molecule has 0 N–H and O–H groups in total. The Morgan fingerprint density at radius 2 is 2.13 bits per heavy atom. The summed E-state index contributed by atoms with van der Waals surface area (Å²) in [5.74, 6) is -1.20. The van der Waals surface area contributed by atoms with Gasteiger partial charge in [0, 0.05) is 12.4 Å². The number of nitro groups is 1. The van der Waals surface area contributed by atoms with Crippen LogP contribution in [0.5, 0.6) is 11.5 Å². The summed E-state index contributed by atoms with van der Waals surface area (Å²) in [6.45, 7) is -3.42. The second-order valence-corrected chi connectivity index (χ2v) is 5.81. The lowest BCUT2D eigenvalue weighted by molar-refractivity contribution is -0.386. The minimum absolute atomic E-state index is 0.0739. The van der Waals surface area contributed by atoms with E-state index in [1.54, 1.807) is 29.2 Å². The number of methoxy groups -OCH3 is 1. The van der Waals surface area contributed by atoms with Gasteiger partial charge in [0.2, 0.25) is 5.76 Å². The highest BCUT2D eigenvalue weighted by Crippen LogP contribution is 2.36. The molecule has 0 aliphatic carbocycles. The zero-order chi connectivity index (χ0) is 21.7. The van der Waals surface area contributed by atoms with Gasteiger partial charge in [-0.05, 0) is 24.3 Å². The van der Waals surface area contributed by atoms with Crippen molar-refractivity contribution in [2.45, 2.75) is 19.8 Å². The number of nitro benzene ring substituents is 1. The summed E-state index contributed by atoms with van der Waals surface area (Å²) in [6.07, 6.45) is 3.31. The lowest BCUT2D eigenvalue weighted by Gasteiger charge is -2.12. The van der Waals surface area contributed by atoms with Gasteiger partial charge in [-0.15, -0.1) is 0 Å². The van der Waals surface area contributed by atoms with Gasteiger partial charge in [-0.1, -0.05) is 0 Å². The maximum atomic E-state index is 12.5. The van der Waals surface area contributed by atoms with Crippen LogP contribution in [-0.4, -0.2) is 34.4 Å². The van der Waals surface area contributed by atoms with Crippen LogP contribution < -0.4 is 9.47 Å². The first-order valence-corrected chi connectivity index (χ1v) is 8.40. The minimum Gasteiger partial charge on any atom is -0.493 e. The van der Waals surface area contributed by atoms with Crippen molar-refractivity contribution >= 4 is 11.7 Å². The molecule has 0 spiro atoms. The summed E-state index contributed by atoms with van der Waals surface area (Å²) in [7, 11) is 1.18. The number of benzene rings is 1. The number of hydrogen-bond acceptors (Lipinski definition) is 8. The number of ether oxygens (including phenoxy) is 3. The fraction of sp³-hybridized carbons (Fsp3) is 0.222. The normalized spacial score (nSPS) is 10.8. The van der Waals surface area contributed by atoms with E-state index in [9.17, 15) is 23.7 Å². The van der Waals surface area contributed by atoms with Gasteiger partial charge in [-0.2, -0.15) is 13.9 Å². The number of halogens is 2. The largest absolute Gasteiger partial charge is 0.493 e. The Labute approximate surface area is 167 Å². The molecule has 3 rings (SSSR count). The van der Waals surface area contributed by atoms with Crippen LogP contribution in [-0.2, 0) is 17.9 Å². The summed E-state index contributed by atoms with van der Waals surface area (Å²) in [5, 5.41) is 15.3. The predicted octanol–water partition coefficient (Wildman–Crippen LogP) is 3.40. The Morgan fingerprint density at radius 1 is 1.33 bits per heavy atom. The van der Waals surface area contributed by atoms with Gasteiger partial charge in [0.25, 0.3) is 5.69 Å². The van der Waals surface area contributed by atoms with Crippen LogP contribution in [0.2, 0.25) is 0 Å². The van der Waals surface area contributed by atoms with Crippen molar-refractivity contribution in [2.24, 2.45) is 0 Å². The topological polar surface area (TPSA) is 119 Å². The van der Waals surface area contributed by atoms with Crippen LogP contribution >= 0.6 is 0 Å². The molecule has 2 heterocycles. The molecule has 0 atom stereocenters. The fourth-order valence-electron chi connectivity index (χ4n) is 2.57. The number of aromatic nitrogens is 2. The van der Waals surface area contributed by atoms with Crippen molar-refractivity contribution in [1.82, 2.24) is 9.78 Å². The smallest absolute Gasteiger partial charge is 0.387 e. The van der Waals surface area contributed by atoms with Crippen molar-refractivity contribution in [3.8, 4) is 11.5 Å². The van der Waals surface area contributed by atoms with Gasteiger partial charge in [-0.3, -0.25) is 14.8 Å². The summed E-state index contributed by atoms with van der Waals surface area (Å²) < 4.78 is 46.2. The molecule has 0 unspecified atom stereocenters. The molecule has 10 nitrogen and oxygen atoms in total. The molecule has 0 fully saturated rings.